The standard InChI is InChI=1S/C13H13NO3.C11H14N4O/c1-9-2-4-10(5-3-9)12-8-11(14-17-12)6-7-13(15)16;12-6-3-7-13-10-8-4-1-2-5-9(8)11(16)15-14-10/h2-5,8H,6-7H2,1H3,(H,15,16);1-2,4-5H,3,6-7,12H2,(H,13,14)(H,15,16). The van der Waals surface area contributed by atoms with Gasteiger partial charge in [-0.15, -0.1) is 0 Å². The van der Waals surface area contributed by atoms with Crippen molar-refractivity contribution in [2.45, 2.75) is 26.2 Å². The molecule has 0 aliphatic heterocycles. The first-order valence-electron chi connectivity index (χ1n) is 10.6. The summed E-state index contributed by atoms with van der Waals surface area (Å²) in [7, 11) is 0. The fraction of sp³-hybridized carbons (Fsp3) is 0.250. The Balaban J connectivity index is 0.000000186. The molecule has 172 valence electrons. The van der Waals surface area contributed by atoms with Gasteiger partial charge in [0.25, 0.3) is 5.56 Å². The molecule has 9 heteroatoms. The number of carboxylic acid groups (broad SMARTS) is 1. The number of rotatable bonds is 8. The summed E-state index contributed by atoms with van der Waals surface area (Å²) >= 11 is 0. The number of benzene rings is 2. The smallest absolute Gasteiger partial charge is 0.303 e. The van der Waals surface area contributed by atoms with E-state index in [-0.39, 0.29) is 12.0 Å². The maximum absolute atomic E-state index is 11.5. The Morgan fingerprint density at radius 1 is 1.15 bits per heavy atom. The number of anilines is 1. The molecule has 0 spiro atoms. The fourth-order valence-corrected chi connectivity index (χ4v) is 3.08. The molecule has 0 radical (unpaired) electrons. The second kappa shape index (κ2) is 11.6. The third-order valence-electron chi connectivity index (χ3n) is 4.86. The largest absolute Gasteiger partial charge is 0.481 e. The highest BCUT2D eigenvalue weighted by atomic mass is 16.5. The molecule has 0 bridgehead atoms. The van der Waals surface area contributed by atoms with Crippen LogP contribution in [0, 0.1) is 6.92 Å². The van der Waals surface area contributed by atoms with Gasteiger partial charge in [0.05, 0.1) is 17.5 Å². The number of aromatic amines is 1. The molecular formula is C24H27N5O4. The normalized spacial score (nSPS) is 10.5. The molecule has 0 saturated carbocycles. The summed E-state index contributed by atoms with van der Waals surface area (Å²) in [6, 6.07) is 17.1. The topological polar surface area (TPSA) is 147 Å². The minimum absolute atomic E-state index is 0.0693. The van der Waals surface area contributed by atoms with Crippen LogP contribution in [0.25, 0.3) is 22.1 Å². The lowest BCUT2D eigenvalue weighted by Crippen LogP contribution is -2.14. The molecule has 0 unspecified atom stereocenters. The van der Waals surface area contributed by atoms with Gasteiger partial charge in [-0.3, -0.25) is 9.59 Å². The van der Waals surface area contributed by atoms with E-state index in [9.17, 15) is 9.59 Å². The highest BCUT2D eigenvalue weighted by Crippen LogP contribution is 2.21. The Labute approximate surface area is 190 Å². The molecule has 0 saturated heterocycles. The van der Waals surface area contributed by atoms with E-state index in [1.54, 1.807) is 12.1 Å². The summed E-state index contributed by atoms with van der Waals surface area (Å²) in [4.78, 5) is 21.9. The second-order valence-electron chi connectivity index (χ2n) is 7.46. The van der Waals surface area contributed by atoms with Gasteiger partial charge in [0.15, 0.2) is 11.6 Å². The quantitative estimate of drug-likeness (QED) is 0.299. The summed E-state index contributed by atoms with van der Waals surface area (Å²) in [5.41, 5.74) is 8.04. The van der Waals surface area contributed by atoms with E-state index in [1.165, 1.54) is 5.56 Å². The van der Waals surface area contributed by atoms with Crippen molar-refractivity contribution in [1.82, 2.24) is 15.4 Å². The van der Waals surface area contributed by atoms with E-state index >= 15 is 0 Å². The van der Waals surface area contributed by atoms with Crippen molar-refractivity contribution < 1.29 is 14.4 Å². The Morgan fingerprint density at radius 3 is 2.58 bits per heavy atom. The van der Waals surface area contributed by atoms with Gasteiger partial charge in [-0.1, -0.05) is 53.2 Å². The molecule has 2 aromatic carbocycles. The van der Waals surface area contributed by atoms with E-state index in [0.29, 0.717) is 35.6 Å². The van der Waals surface area contributed by atoms with Crippen molar-refractivity contribution in [2.24, 2.45) is 5.73 Å². The van der Waals surface area contributed by atoms with Crippen LogP contribution >= 0.6 is 0 Å². The zero-order valence-corrected chi connectivity index (χ0v) is 18.4. The maximum atomic E-state index is 11.5. The van der Waals surface area contributed by atoms with Crippen molar-refractivity contribution in [3.8, 4) is 11.3 Å². The van der Waals surface area contributed by atoms with E-state index in [4.69, 9.17) is 15.4 Å². The molecule has 0 amide bonds. The molecule has 0 aliphatic carbocycles. The number of carbonyl (C=O) groups is 1. The molecule has 0 fully saturated rings. The number of aromatic nitrogens is 3. The van der Waals surface area contributed by atoms with Crippen LogP contribution in [0.15, 0.2) is 63.9 Å². The lowest BCUT2D eigenvalue weighted by molar-refractivity contribution is -0.136. The van der Waals surface area contributed by atoms with Gasteiger partial charge in [0.2, 0.25) is 0 Å². The minimum Gasteiger partial charge on any atom is -0.481 e. The molecule has 9 nitrogen and oxygen atoms in total. The SMILES string of the molecule is Cc1ccc(-c2cc(CCC(=O)O)no2)cc1.NCCCNc1n[nH]c(=O)c2ccccc12. The molecule has 33 heavy (non-hydrogen) atoms. The Kier molecular flexibility index (Phi) is 8.31. The third-order valence-corrected chi connectivity index (χ3v) is 4.86. The number of nitrogens with two attached hydrogens (primary N) is 1. The van der Waals surface area contributed by atoms with Crippen LogP contribution < -0.4 is 16.6 Å². The van der Waals surface area contributed by atoms with Crippen LogP contribution in [0.1, 0.15) is 24.1 Å². The highest BCUT2D eigenvalue weighted by Gasteiger charge is 2.08. The Bertz CT molecular complexity index is 1250. The molecule has 0 atom stereocenters. The van der Waals surface area contributed by atoms with Crippen LogP contribution in [-0.4, -0.2) is 39.5 Å². The van der Waals surface area contributed by atoms with Gasteiger partial charge in [0, 0.05) is 30.0 Å². The van der Waals surface area contributed by atoms with E-state index in [2.05, 4.69) is 20.7 Å². The van der Waals surface area contributed by atoms with Crippen LogP contribution in [-0.2, 0) is 11.2 Å². The molecule has 2 aromatic heterocycles. The average molecular weight is 450 g/mol. The number of carboxylic acids is 1. The lowest BCUT2D eigenvalue weighted by atomic mass is 10.1. The van der Waals surface area contributed by atoms with Gasteiger partial charge in [-0.05, 0) is 26.0 Å². The summed E-state index contributed by atoms with van der Waals surface area (Å²) in [5, 5.41) is 23.5. The maximum Gasteiger partial charge on any atom is 0.303 e. The summed E-state index contributed by atoms with van der Waals surface area (Å²) < 4.78 is 5.18. The Hall–Kier alpha value is -3.98. The fourth-order valence-electron chi connectivity index (χ4n) is 3.08. The first-order valence-corrected chi connectivity index (χ1v) is 10.6. The number of nitrogens with zero attached hydrogens (tertiary/aromatic N) is 2. The van der Waals surface area contributed by atoms with Crippen molar-refractivity contribution in [3.63, 3.8) is 0 Å². The van der Waals surface area contributed by atoms with Crippen LogP contribution in [0.4, 0.5) is 5.82 Å². The third kappa shape index (κ3) is 6.75. The summed E-state index contributed by atoms with van der Waals surface area (Å²) in [6.45, 7) is 3.40. The van der Waals surface area contributed by atoms with Gasteiger partial charge in [-0.2, -0.15) is 5.10 Å². The van der Waals surface area contributed by atoms with Crippen LogP contribution in [0.3, 0.4) is 0 Å². The van der Waals surface area contributed by atoms with Gasteiger partial charge >= 0.3 is 5.97 Å². The minimum atomic E-state index is -0.829. The number of hydrogen-bond donors (Lipinski definition) is 4. The Morgan fingerprint density at radius 2 is 1.88 bits per heavy atom. The monoisotopic (exact) mass is 449 g/mol. The first-order chi connectivity index (χ1) is 16.0. The first kappa shape index (κ1) is 23.7. The number of hydrogen-bond acceptors (Lipinski definition) is 7. The van der Waals surface area contributed by atoms with E-state index in [1.807, 2.05) is 49.4 Å². The average Bonchev–Trinajstić information content (AvgIpc) is 3.30. The number of aliphatic carboxylic acids is 1. The molecule has 5 N–H and O–H groups in total. The van der Waals surface area contributed by atoms with Crippen molar-refractivity contribution in [1.29, 1.82) is 0 Å². The van der Waals surface area contributed by atoms with Crippen LogP contribution in [0.2, 0.25) is 0 Å². The summed E-state index contributed by atoms with van der Waals surface area (Å²) in [6.07, 6.45) is 1.33. The van der Waals surface area contributed by atoms with Gasteiger partial charge in [-0.25, -0.2) is 5.10 Å². The zero-order valence-electron chi connectivity index (χ0n) is 18.4. The lowest BCUT2D eigenvalue weighted by Gasteiger charge is -2.06. The van der Waals surface area contributed by atoms with E-state index in [0.717, 1.165) is 23.9 Å². The van der Waals surface area contributed by atoms with Crippen molar-refractivity contribution >= 4 is 22.6 Å². The second-order valence-corrected chi connectivity index (χ2v) is 7.46. The van der Waals surface area contributed by atoms with Crippen LogP contribution in [0.5, 0.6) is 0 Å². The van der Waals surface area contributed by atoms with E-state index < -0.39 is 5.97 Å². The molecule has 4 aromatic rings. The highest BCUT2D eigenvalue weighted by molar-refractivity contribution is 5.90. The predicted octanol–water partition coefficient (Wildman–Crippen LogP) is 3.35. The number of nitrogens with one attached hydrogen (secondary N) is 2. The number of H-pyrrole nitrogens is 1. The van der Waals surface area contributed by atoms with Gasteiger partial charge < -0.3 is 20.7 Å². The zero-order chi connectivity index (χ0) is 23.6. The number of aryl methyl sites for hydroxylation is 2. The molecule has 4 rings (SSSR count). The molecular weight excluding hydrogens is 422 g/mol. The van der Waals surface area contributed by atoms with Gasteiger partial charge in [0.1, 0.15) is 0 Å². The predicted molar refractivity (Wildman–Crippen MR) is 127 cm³/mol. The van der Waals surface area contributed by atoms with Crippen molar-refractivity contribution in [2.75, 3.05) is 18.4 Å². The molecule has 2 heterocycles. The van der Waals surface area contributed by atoms with Crippen molar-refractivity contribution in [3.05, 3.63) is 76.2 Å². The summed E-state index contributed by atoms with van der Waals surface area (Å²) in [5.74, 6) is 0.541. The molecule has 0 aliphatic rings. The number of fused-ring (bicyclic) bond motifs is 1.